The number of allylic oxidation sites excluding steroid dienone is 3. The fourth-order valence-electron chi connectivity index (χ4n) is 3.32. The lowest BCUT2D eigenvalue weighted by Gasteiger charge is -2.12. The number of pyridine rings is 1. The number of anilines is 1. The summed E-state index contributed by atoms with van der Waals surface area (Å²) in [7, 11) is 1.78. The van der Waals surface area contributed by atoms with Crippen molar-refractivity contribution in [2.24, 2.45) is 4.99 Å². The molecule has 4 nitrogen and oxygen atoms in total. The van der Waals surface area contributed by atoms with Crippen LogP contribution in [-0.4, -0.2) is 25.0 Å². The second-order valence-electron chi connectivity index (χ2n) is 7.32. The molecule has 3 aromatic rings. The molecule has 0 unspecified atom stereocenters. The Labute approximate surface area is 185 Å². The van der Waals surface area contributed by atoms with Gasteiger partial charge < -0.3 is 10.1 Å². The molecule has 0 fully saturated rings. The third kappa shape index (κ3) is 6.00. The van der Waals surface area contributed by atoms with E-state index in [-0.39, 0.29) is 0 Å². The van der Waals surface area contributed by atoms with Crippen LogP contribution in [0.3, 0.4) is 0 Å². The number of aromatic nitrogens is 1. The Morgan fingerprint density at radius 3 is 2.61 bits per heavy atom. The summed E-state index contributed by atoms with van der Waals surface area (Å²) in [6.07, 6.45) is 9.26. The van der Waals surface area contributed by atoms with Gasteiger partial charge in [0.2, 0.25) is 0 Å². The van der Waals surface area contributed by atoms with Crippen LogP contribution in [0.1, 0.15) is 22.3 Å². The third-order valence-electron chi connectivity index (χ3n) is 5.10. The molecule has 0 atom stereocenters. The van der Waals surface area contributed by atoms with Crippen molar-refractivity contribution in [2.45, 2.75) is 20.5 Å². The predicted molar refractivity (Wildman–Crippen MR) is 131 cm³/mol. The summed E-state index contributed by atoms with van der Waals surface area (Å²) in [5.41, 5.74) is 9.08. The Balaban J connectivity index is 1.67. The molecule has 1 aromatic heterocycles. The Kier molecular flexibility index (Phi) is 7.91. The first kappa shape index (κ1) is 22.2. The van der Waals surface area contributed by atoms with E-state index in [1.807, 2.05) is 31.5 Å². The number of benzene rings is 2. The topological polar surface area (TPSA) is 46.5 Å². The lowest BCUT2D eigenvalue weighted by Crippen LogP contribution is -2.06. The van der Waals surface area contributed by atoms with Crippen molar-refractivity contribution in [1.82, 2.24) is 4.98 Å². The number of ether oxygens (including phenoxy) is 1. The Bertz CT molecular complexity index is 1080. The zero-order valence-corrected chi connectivity index (χ0v) is 18.4. The van der Waals surface area contributed by atoms with Gasteiger partial charge in [-0.25, -0.2) is 0 Å². The van der Waals surface area contributed by atoms with E-state index in [0.717, 1.165) is 28.0 Å². The first-order valence-corrected chi connectivity index (χ1v) is 10.3. The van der Waals surface area contributed by atoms with E-state index < -0.39 is 0 Å². The third-order valence-corrected chi connectivity index (χ3v) is 5.10. The number of hydrogen-bond donors (Lipinski definition) is 1. The quantitative estimate of drug-likeness (QED) is 0.197. The van der Waals surface area contributed by atoms with Gasteiger partial charge in [-0.1, -0.05) is 43.0 Å². The fraction of sp³-hybridized carbons (Fsp3) is 0.185. The second kappa shape index (κ2) is 11.0. The van der Waals surface area contributed by atoms with E-state index in [2.05, 4.69) is 71.3 Å². The van der Waals surface area contributed by atoms with E-state index in [0.29, 0.717) is 13.3 Å². The maximum atomic E-state index is 5.76. The van der Waals surface area contributed by atoms with Crippen molar-refractivity contribution in [3.05, 3.63) is 102 Å². The zero-order valence-electron chi connectivity index (χ0n) is 18.4. The molecule has 0 saturated heterocycles. The molecule has 158 valence electrons. The summed E-state index contributed by atoms with van der Waals surface area (Å²) in [6, 6.07) is 16.9. The minimum Gasteiger partial charge on any atom is -0.363 e. The number of aryl methyl sites for hydroxylation is 2. The SMILES string of the molecule is C=C/C=C(\C=NC)c1ccc(C)c(-c2ccc(NCOCc3ccncc3C)cc2)c1. The first-order valence-electron chi connectivity index (χ1n) is 10.3. The number of rotatable bonds is 9. The van der Waals surface area contributed by atoms with Crippen LogP contribution in [0.4, 0.5) is 5.69 Å². The molecule has 1 N–H and O–H groups in total. The Morgan fingerprint density at radius 2 is 1.90 bits per heavy atom. The van der Waals surface area contributed by atoms with Crippen molar-refractivity contribution in [1.29, 1.82) is 0 Å². The van der Waals surface area contributed by atoms with Gasteiger partial charge in [0, 0.05) is 31.3 Å². The molecule has 0 aliphatic heterocycles. The van der Waals surface area contributed by atoms with E-state index in [4.69, 9.17) is 4.74 Å². The first-order chi connectivity index (χ1) is 15.1. The van der Waals surface area contributed by atoms with Gasteiger partial charge in [-0.3, -0.25) is 9.98 Å². The minimum atomic E-state index is 0.446. The monoisotopic (exact) mass is 411 g/mol. The van der Waals surface area contributed by atoms with Gasteiger partial charge in [0.15, 0.2) is 0 Å². The van der Waals surface area contributed by atoms with Crippen LogP contribution < -0.4 is 5.32 Å². The van der Waals surface area contributed by atoms with Crippen molar-refractivity contribution >= 4 is 17.5 Å². The second-order valence-corrected chi connectivity index (χ2v) is 7.32. The highest BCUT2D eigenvalue weighted by atomic mass is 16.5. The summed E-state index contributed by atoms with van der Waals surface area (Å²) < 4.78 is 5.76. The molecule has 0 amide bonds. The van der Waals surface area contributed by atoms with E-state index >= 15 is 0 Å². The number of hydrogen-bond acceptors (Lipinski definition) is 4. The van der Waals surface area contributed by atoms with Crippen LogP contribution in [0.2, 0.25) is 0 Å². The highest BCUT2D eigenvalue weighted by Gasteiger charge is 2.06. The molecule has 0 bridgehead atoms. The number of nitrogens with zero attached hydrogens (tertiary/aromatic N) is 2. The fourth-order valence-corrected chi connectivity index (χ4v) is 3.32. The molecule has 0 spiro atoms. The molecule has 0 radical (unpaired) electrons. The van der Waals surface area contributed by atoms with E-state index in [1.54, 1.807) is 19.3 Å². The van der Waals surface area contributed by atoms with Crippen molar-refractivity contribution in [2.75, 3.05) is 19.1 Å². The minimum absolute atomic E-state index is 0.446. The summed E-state index contributed by atoms with van der Waals surface area (Å²) in [5, 5.41) is 3.32. The summed E-state index contributed by atoms with van der Waals surface area (Å²) in [4.78, 5) is 8.27. The molecule has 0 aliphatic carbocycles. The van der Waals surface area contributed by atoms with Crippen LogP contribution in [-0.2, 0) is 11.3 Å². The number of aliphatic imine (C=N–C) groups is 1. The molecule has 4 heteroatoms. The lowest BCUT2D eigenvalue weighted by atomic mass is 9.95. The molecule has 0 saturated carbocycles. The molecule has 0 aliphatic rings. The van der Waals surface area contributed by atoms with Crippen LogP contribution >= 0.6 is 0 Å². The van der Waals surface area contributed by atoms with Crippen LogP contribution in [0.5, 0.6) is 0 Å². The lowest BCUT2D eigenvalue weighted by molar-refractivity contribution is 0.138. The molecule has 3 rings (SSSR count). The van der Waals surface area contributed by atoms with Gasteiger partial charge >= 0.3 is 0 Å². The maximum absolute atomic E-state index is 5.76. The van der Waals surface area contributed by atoms with Gasteiger partial charge in [0.25, 0.3) is 0 Å². The molecule has 1 heterocycles. The van der Waals surface area contributed by atoms with Gasteiger partial charge in [0.05, 0.1) is 6.61 Å². The van der Waals surface area contributed by atoms with Crippen molar-refractivity contribution < 1.29 is 4.74 Å². The Morgan fingerprint density at radius 1 is 1.10 bits per heavy atom. The van der Waals surface area contributed by atoms with Crippen LogP contribution in [0.15, 0.2) is 84.6 Å². The average Bonchev–Trinajstić information content (AvgIpc) is 2.78. The summed E-state index contributed by atoms with van der Waals surface area (Å²) >= 11 is 0. The molecule has 2 aromatic carbocycles. The van der Waals surface area contributed by atoms with Crippen molar-refractivity contribution in [3.8, 4) is 11.1 Å². The molecular formula is C27H29N3O. The molecular weight excluding hydrogens is 382 g/mol. The van der Waals surface area contributed by atoms with E-state index in [9.17, 15) is 0 Å². The van der Waals surface area contributed by atoms with Crippen molar-refractivity contribution in [3.63, 3.8) is 0 Å². The van der Waals surface area contributed by atoms with E-state index in [1.165, 1.54) is 16.7 Å². The van der Waals surface area contributed by atoms with Gasteiger partial charge in [-0.15, -0.1) is 0 Å². The van der Waals surface area contributed by atoms with Gasteiger partial charge in [0.1, 0.15) is 6.73 Å². The smallest absolute Gasteiger partial charge is 0.116 e. The largest absolute Gasteiger partial charge is 0.363 e. The molecule has 31 heavy (non-hydrogen) atoms. The summed E-state index contributed by atoms with van der Waals surface area (Å²) in [5.74, 6) is 0. The standard InChI is InChI=1S/C27H29N3O/c1-5-6-24(17-28-4)23-8-7-20(2)27(15-23)22-9-11-26(12-10-22)30-19-31-18-25-13-14-29-16-21(25)3/h5-17,30H,1,18-19H2,2-4H3/b24-6+,28-17?. The highest BCUT2D eigenvalue weighted by Crippen LogP contribution is 2.28. The van der Waals surface area contributed by atoms with Gasteiger partial charge in [-0.05, 0) is 77.1 Å². The van der Waals surface area contributed by atoms with Crippen LogP contribution in [0.25, 0.3) is 16.7 Å². The average molecular weight is 412 g/mol. The summed E-state index contributed by atoms with van der Waals surface area (Å²) in [6.45, 7) is 8.99. The normalized spacial score (nSPS) is 11.6. The number of nitrogens with one attached hydrogen (secondary N) is 1. The maximum Gasteiger partial charge on any atom is 0.116 e. The van der Waals surface area contributed by atoms with Gasteiger partial charge in [-0.2, -0.15) is 0 Å². The Hall–Kier alpha value is -3.50. The van der Waals surface area contributed by atoms with Crippen LogP contribution in [0, 0.1) is 13.8 Å². The zero-order chi connectivity index (χ0) is 22.1. The predicted octanol–water partition coefficient (Wildman–Crippen LogP) is 6.22. The highest BCUT2D eigenvalue weighted by molar-refractivity contribution is 6.10.